The standard InChI is InChI=1S/C17H19N5O2/c1-11-10-12(2)22(20-11)15-7-5-4-6-14(15)19-16(23)8-9-17-18-13(3)21-24-17/h4-7,10H,8-9H2,1-3H3,(H,19,23). The Labute approximate surface area is 139 Å². The predicted molar refractivity (Wildman–Crippen MR) is 89.0 cm³/mol. The first-order valence-electron chi connectivity index (χ1n) is 7.74. The van der Waals surface area contributed by atoms with Crippen LogP contribution in [-0.4, -0.2) is 25.8 Å². The Balaban J connectivity index is 1.73. The molecule has 0 atom stereocenters. The molecular weight excluding hydrogens is 306 g/mol. The van der Waals surface area contributed by atoms with Gasteiger partial charge in [0.25, 0.3) is 0 Å². The highest BCUT2D eigenvalue weighted by molar-refractivity contribution is 5.92. The minimum Gasteiger partial charge on any atom is -0.339 e. The summed E-state index contributed by atoms with van der Waals surface area (Å²) in [6.45, 7) is 5.67. The van der Waals surface area contributed by atoms with Crippen molar-refractivity contribution in [2.24, 2.45) is 0 Å². The van der Waals surface area contributed by atoms with Crippen molar-refractivity contribution >= 4 is 11.6 Å². The van der Waals surface area contributed by atoms with Gasteiger partial charge in [-0.15, -0.1) is 0 Å². The number of nitrogens with zero attached hydrogens (tertiary/aromatic N) is 4. The molecule has 0 saturated heterocycles. The molecule has 124 valence electrons. The van der Waals surface area contributed by atoms with E-state index in [1.807, 2.05) is 48.9 Å². The molecule has 7 nitrogen and oxygen atoms in total. The fourth-order valence-corrected chi connectivity index (χ4v) is 2.51. The molecule has 0 aliphatic carbocycles. The number of aryl methyl sites for hydroxylation is 4. The van der Waals surface area contributed by atoms with Crippen LogP contribution in [-0.2, 0) is 11.2 Å². The van der Waals surface area contributed by atoms with Gasteiger partial charge in [-0.25, -0.2) is 4.68 Å². The zero-order chi connectivity index (χ0) is 17.1. The lowest BCUT2D eigenvalue weighted by Gasteiger charge is -2.12. The van der Waals surface area contributed by atoms with Crippen LogP contribution in [0.15, 0.2) is 34.9 Å². The van der Waals surface area contributed by atoms with Crippen molar-refractivity contribution in [1.82, 2.24) is 19.9 Å². The SMILES string of the molecule is Cc1cc(C)n(-c2ccccc2NC(=O)CCc2nc(C)no2)n1. The van der Waals surface area contributed by atoms with Gasteiger partial charge in [0.1, 0.15) is 0 Å². The highest BCUT2D eigenvalue weighted by atomic mass is 16.5. The number of benzene rings is 1. The molecule has 1 N–H and O–H groups in total. The van der Waals surface area contributed by atoms with Crippen molar-refractivity contribution in [1.29, 1.82) is 0 Å². The molecule has 3 rings (SSSR count). The minimum atomic E-state index is -0.111. The van der Waals surface area contributed by atoms with Crippen molar-refractivity contribution in [2.45, 2.75) is 33.6 Å². The normalized spacial score (nSPS) is 10.8. The summed E-state index contributed by atoms with van der Waals surface area (Å²) in [5, 5.41) is 11.1. The van der Waals surface area contributed by atoms with E-state index in [0.29, 0.717) is 18.1 Å². The summed E-state index contributed by atoms with van der Waals surface area (Å²) < 4.78 is 6.85. The largest absolute Gasteiger partial charge is 0.339 e. The molecule has 0 fully saturated rings. The fourth-order valence-electron chi connectivity index (χ4n) is 2.51. The van der Waals surface area contributed by atoms with Gasteiger partial charge >= 0.3 is 0 Å². The Bertz CT molecular complexity index is 866. The monoisotopic (exact) mass is 325 g/mol. The third kappa shape index (κ3) is 3.51. The maximum absolute atomic E-state index is 12.2. The molecule has 2 aromatic heterocycles. The number of hydrogen-bond acceptors (Lipinski definition) is 5. The number of para-hydroxylation sites is 2. The third-order valence-corrected chi connectivity index (χ3v) is 3.55. The molecule has 0 bridgehead atoms. The van der Waals surface area contributed by atoms with Crippen LogP contribution in [0.5, 0.6) is 0 Å². The lowest BCUT2D eigenvalue weighted by atomic mass is 10.2. The Kier molecular flexibility index (Phi) is 4.41. The van der Waals surface area contributed by atoms with E-state index in [-0.39, 0.29) is 12.3 Å². The summed E-state index contributed by atoms with van der Waals surface area (Å²) in [7, 11) is 0. The maximum Gasteiger partial charge on any atom is 0.227 e. The van der Waals surface area contributed by atoms with E-state index in [9.17, 15) is 4.79 Å². The Morgan fingerprint density at radius 1 is 1.25 bits per heavy atom. The van der Waals surface area contributed by atoms with Crippen molar-refractivity contribution in [3.63, 3.8) is 0 Å². The summed E-state index contributed by atoms with van der Waals surface area (Å²) in [6.07, 6.45) is 0.682. The van der Waals surface area contributed by atoms with E-state index in [0.717, 1.165) is 22.8 Å². The Morgan fingerprint density at radius 3 is 2.71 bits per heavy atom. The first-order chi connectivity index (χ1) is 11.5. The summed E-state index contributed by atoms with van der Waals surface area (Å²) >= 11 is 0. The number of nitrogens with one attached hydrogen (secondary N) is 1. The fraction of sp³-hybridized carbons (Fsp3) is 0.294. The lowest BCUT2D eigenvalue weighted by Crippen LogP contribution is -2.15. The van der Waals surface area contributed by atoms with Crippen molar-refractivity contribution in [3.05, 3.63) is 53.4 Å². The van der Waals surface area contributed by atoms with E-state index in [1.54, 1.807) is 6.92 Å². The van der Waals surface area contributed by atoms with E-state index >= 15 is 0 Å². The lowest BCUT2D eigenvalue weighted by molar-refractivity contribution is -0.116. The van der Waals surface area contributed by atoms with Gasteiger partial charge in [0.2, 0.25) is 11.8 Å². The summed E-state index contributed by atoms with van der Waals surface area (Å²) in [5.74, 6) is 0.926. The van der Waals surface area contributed by atoms with Crippen LogP contribution in [0.25, 0.3) is 5.69 Å². The zero-order valence-electron chi connectivity index (χ0n) is 13.9. The minimum absolute atomic E-state index is 0.111. The summed E-state index contributed by atoms with van der Waals surface area (Å²) in [6, 6.07) is 9.59. The van der Waals surface area contributed by atoms with Gasteiger partial charge in [0.15, 0.2) is 5.82 Å². The van der Waals surface area contributed by atoms with Gasteiger partial charge < -0.3 is 9.84 Å². The number of carbonyl (C=O) groups excluding carboxylic acids is 1. The van der Waals surface area contributed by atoms with Crippen LogP contribution in [0.4, 0.5) is 5.69 Å². The van der Waals surface area contributed by atoms with E-state index in [4.69, 9.17) is 4.52 Å². The molecule has 24 heavy (non-hydrogen) atoms. The van der Waals surface area contributed by atoms with Gasteiger partial charge in [0.05, 0.1) is 17.1 Å². The molecule has 0 aliphatic rings. The molecule has 0 aliphatic heterocycles. The summed E-state index contributed by atoms with van der Waals surface area (Å²) in [5.41, 5.74) is 3.50. The van der Waals surface area contributed by atoms with Gasteiger partial charge in [-0.1, -0.05) is 17.3 Å². The Hall–Kier alpha value is -2.96. The van der Waals surface area contributed by atoms with Crippen LogP contribution in [0.3, 0.4) is 0 Å². The number of amides is 1. The molecule has 1 amide bonds. The number of hydrogen-bond donors (Lipinski definition) is 1. The quantitative estimate of drug-likeness (QED) is 0.779. The predicted octanol–water partition coefficient (Wildman–Crippen LogP) is 2.75. The number of rotatable bonds is 5. The molecule has 3 aromatic rings. The third-order valence-electron chi connectivity index (χ3n) is 3.55. The highest BCUT2D eigenvalue weighted by Gasteiger charge is 2.12. The van der Waals surface area contributed by atoms with Gasteiger partial charge in [-0.05, 0) is 39.0 Å². The molecule has 2 heterocycles. The maximum atomic E-state index is 12.2. The second-order valence-corrected chi connectivity index (χ2v) is 5.64. The van der Waals surface area contributed by atoms with Crippen molar-refractivity contribution in [2.75, 3.05) is 5.32 Å². The van der Waals surface area contributed by atoms with Crippen LogP contribution >= 0.6 is 0 Å². The van der Waals surface area contributed by atoms with E-state index in [1.165, 1.54) is 0 Å². The summed E-state index contributed by atoms with van der Waals surface area (Å²) in [4.78, 5) is 16.3. The van der Waals surface area contributed by atoms with Gasteiger partial charge in [-0.2, -0.15) is 10.1 Å². The van der Waals surface area contributed by atoms with Crippen LogP contribution in [0.2, 0.25) is 0 Å². The van der Waals surface area contributed by atoms with Crippen molar-refractivity contribution < 1.29 is 9.32 Å². The molecule has 0 spiro atoms. The second-order valence-electron chi connectivity index (χ2n) is 5.64. The van der Waals surface area contributed by atoms with Gasteiger partial charge in [-0.3, -0.25) is 4.79 Å². The smallest absolute Gasteiger partial charge is 0.227 e. The van der Waals surface area contributed by atoms with E-state index in [2.05, 4.69) is 20.6 Å². The first kappa shape index (κ1) is 15.9. The van der Waals surface area contributed by atoms with Gasteiger partial charge in [0, 0.05) is 18.5 Å². The Morgan fingerprint density at radius 2 is 2.04 bits per heavy atom. The molecular formula is C17H19N5O2. The van der Waals surface area contributed by atoms with Crippen LogP contribution in [0.1, 0.15) is 29.5 Å². The van der Waals surface area contributed by atoms with E-state index < -0.39 is 0 Å². The molecule has 0 saturated carbocycles. The highest BCUT2D eigenvalue weighted by Crippen LogP contribution is 2.21. The number of anilines is 1. The average molecular weight is 325 g/mol. The molecule has 1 aromatic carbocycles. The molecule has 0 unspecified atom stereocenters. The molecule has 7 heteroatoms. The number of carbonyl (C=O) groups is 1. The first-order valence-corrected chi connectivity index (χ1v) is 7.74. The zero-order valence-corrected chi connectivity index (χ0v) is 13.9. The van der Waals surface area contributed by atoms with Crippen LogP contribution < -0.4 is 5.32 Å². The van der Waals surface area contributed by atoms with Crippen molar-refractivity contribution in [3.8, 4) is 5.69 Å². The second kappa shape index (κ2) is 6.66. The number of aromatic nitrogens is 4. The average Bonchev–Trinajstić information content (AvgIpc) is 3.11. The van der Waals surface area contributed by atoms with Crippen LogP contribution in [0, 0.1) is 20.8 Å². The topological polar surface area (TPSA) is 85.8 Å². The molecule has 0 radical (unpaired) electrons.